The fourth-order valence-corrected chi connectivity index (χ4v) is 2.28. The summed E-state index contributed by atoms with van der Waals surface area (Å²) in [7, 11) is 0. The van der Waals surface area contributed by atoms with E-state index in [0.29, 0.717) is 0 Å². The monoisotopic (exact) mass is 315 g/mol. The number of carbonyl (C=O) groups is 2. The smallest absolute Gasteiger partial charge is 0.350 e. The van der Waals surface area contributed by atoms with E-state index < -0.39 is 17.7 Å². The van der Waals surface area contributed by atoms with Gasteiger partial charge in [-0.05, 0) is 12.1 Å². The van der Waals surface area contributed by atoms with Crippen LogP contribution in [0.3, 0.4) is 0 Å². The van der Waals surface area contributed by atoms with Crippen LogP contribution in [0.1, 0.15) is 19.4 Å². The maximum atomic E-state index is 11.9. The van der Waals surface area contributed by atoms with Crippen LogP contribution in [-0.4, -0.2) is 36.7 Å². The summed E-state index contributed by atoms with van der Waals surface area (Å²) in [5.74, 6) is -1.83. The Bertz CT molecular complexity index is 700. The van der Waals surface area contributed by atoms with Gasteiger partial charge in [0.05, 0.1) is 6.54 Å². The molecule has 0 aliphatic carbocycles. The number of ether oxygens (including phenoxy) is 2. The quantitative estimate of drug-likeness (QED) is 0.494. The zero-order valence-electron chi connectivity index (χ0n) is 12.9. The molecule has 0 aromatic heterocycles. The van der Waals surface area contributed by atoms with Crippen LogP contribution >= 0.6 is 0 Å². The van der Waals surface area contributed by atoms with Gasteiger partial charge in [-0.15, -0.1) is 0 Å². The molecule has 7 heteroatoms. The summed E-state index contributed by atoms with van der Waals surface area (Å²) in [5.41, 5.74) is 1.48. The third kappa shape index (κ3) is 3.33. The number of aliphatic imine (C=N–C) groups is 1. The van der Waals surface area contributed by atoms with Gasteiger partial charge in [0.15, 0.2) is 5.57 Å². The van der Waals surface area contributed by atoms with Gasteiger partial charge in [-0.2, -0.15) is 0 Å². The van der Waals surface area contributed by atoms with E-state index in [2.05, 4.69) is 15.6 Å². The number of anilines is 1. The highest BCUT2D eigenvalue weighted by atomic mass is 16.7. The molecule has 1 aromatic carbocycles. The molecule has 3 rings (SSSR count). The summed E-state index contributed by atoms with van der Waals surface area (Å²) in [4.78, 5) is 28.1. The van der Waals surface area contributed by atoms with Gasteiger partial charge in [0.2, 0.25) is 0 Å². The van der Waals surface area contributed by atoms with Crippen molar-refractivity contribution in [1.82, 2.24) is 5.32 Å². The fraction of sp³-hybridized carbons (Fsp3) is 0.312. The molecule has 0 saturated carbocycles. The molecule has 1 fully saturated rings. The normalized spacial score (nSPS) is 19.4. The van der Waals surface area contributed by atoms with Crippen molar-refractivity contribution in [2.24, 2.45) is 4.99 Å². The summed E-state index contributed by atoms with van der Waals surface area (Å²) in [6.07, 6.45) is 1.29. The number of carbonyl (C=O) groups excluding carboxylic acids is 2. The molecule has 0 amide bonds. The van der Waals surface area contributed by atoms with Crippen LogP contribution < -0.4 is 10.6 Å². The van der Waals surface area contributed by atoms with Gasteiger partial charge in [0.25, 0.3) is 5.79 Å². The van der Waals surface area contributed by atoms with E-state index in [0.717, 1.165) is 30.2 Å². The van der Waals surface area contributed by atoms with Gasteiger partial charge in [0.1, 0.15) is 5.84 Å². The third-order valence-electron chi connectivity index (χ3n) is 3.31. The van der Waals surface area contributed by atoms with Gasteiger partial charge < -0.3 is 20.1 Å². The standard InChI is InChI=1S/C16H17N3O4/c1-16(2)22-14(20)12(15(21)23-16)9-19-11-5-3-4-10(8-11)13-17-6-7-18-13/h3-5,8-9,19H,6-7H2,1-2H3,(H,17,18). The Balaban J connectivity index is 1.76. The van der Waals surface area contributed by atoms with Gasteiger partial charge in [-0.25, -0.2) is 9.59 Å². The largest absolute Gasteiger partial charge is 0.419 e. The van der Waals surface area contributed by atoms with Gasteiger partial charge in [0, 0.05) is 37.8 Å². The highest BCUT2D eigenvalue weighted by Gasteiger charge is 2.38. The minimum Gasteiger partial charge on any atom is -0.419 e. The van der Waals surface area contributed by atoms with Crippen LogP contribution in [0.2, 0.25) is 0 Å². The van der Waals surface area contributed by atoms with Crippen LogP contribution in [0.15, 0.2) is 41.0 Å². The number of cyclic esters (lactones) is 2. The zero-order chi connectivity index (χ0) is 16.4. The molecule has 1 aromatic rings. The van der Waals surface area contributed by atoms with Crippen molar-refractivity contribution < 1.29 is 19.1 Å². The Morgan fingerprint density at radius 2 is 2.00 bits per heavy atom. The molecule has 0 radical (unpaired) electrons. The maximum Gasteiger partial charge on any atom is 0.350 e. The second-order valence-corrected chi connectivity index (χ2v) is 5.62. The topological polar surface area (TPSA) is 89.0 Å². The second kappa shape index (κ2) is 5.75. The van der Waals surface area contributed by atoms with E-state index in [1.807, 2.05) is 24.3 Å². The zero-order valence-corrected chi connectivity index (χ0v) is 12.9. The summed E-state index contributed by atoms with van der Waals surface area (Å²) >= 11 is 0. The van der Waals surface area contributed by atoms with Crippen molar-refractivity contribution >= 4 is 23.5 Å². The lowest BCUT2D eigenvalue weighted by molar-refractivity contribution is -0.222. The van der Waals surface area contributed by atoms with Crippen LogP contribution in [0.5, 0.6) is 0 Å². The molecule has 2 aliphatic heterocycles. The molecule has 0 unspecified atom stereocenters. The van der Waals surface area contributed by atoms with E-state index in [9.17, 15) is 9.59 Å². The molecule has 0 bridgehead atoms. The summed E-state index contributed by atoms with van der Waals surface area (Å²) in [6, 6.07) is 7.48. The van der Waals surface area contributed by atoms with Crippen molar-refractivity contribution in [3.05, 3.63) is 41.6 Å². The van der Waals surface area contributed by atoms with Crippen molar-refractivity contribution in [1.29, 1.82) is 0 Å². The molecule has 120 valence electrons. The van der Waals surface area contributed by atoms with E-state index in [1.165, 1.54) is 20.0 Å². The van der Waals surface area contributed by atoms with Gasteiger partial charge in [-0.1, -0.05) is 12.1 Å². The Labute approximate surface area is 133 Å². The number of hydrogen-bond donors (Lipinski definition) is 2. The van der Waals surface area contributed by atoms with Crippen LogP contribution in [0.25, 0.3) is 0 Å². The number of benzene rings is 1. The molecular weight excluding hydrogens is 298 g/mol. The Morgan fingerprint density at radius 1 is 1.26 bits per heavy atom. The average molecular weight is 315 g/mol. The number of esters is 2. The molecule has 1 saturated heterocycles. The SMILES string of the molecule is CC1(C)OC(=O)C(=CNc2cccc(C3=NCCN3)c2)C(=O)O1. The Hall–Kier alpha value is -2.83. The van der Waals surface area contributed by atoms with E-state index >= 15 is 0 Å². The number of hydrogen-bond acceptors (Lipinski definition) is 7. The third-order valence-corrected chi connectivity index (χ3v) is 3.31. The summed E-state index contributed by atoms with van der Waals surface area (Å²) < 4.78 is 10.1. The predicted octanol–water partition coefficient (Wildman–Crippen LogP) is 1.17. The van der Waals surface area contributed by atoms with E-state index in [-0.39, 0.29) is 5.57 Å². The second-order valence-electron chi connectivity index (χ2n) is 5.62. The first-order valence-electron chi connectivity index (χ1n) is 7.27. The first-order chi connectivity index (χ1) is 10.9. The molecule has 2 aliphatic rings. The first kappa shape index (κ1) is 15.1. The van der Waals surface area contributed by atoms with Crippen molar-refractivity contribution in [3.63, 3.8) is 0 Å². The highest BCUT2D eigenvalue weighted by molar-refractivity contribution is 6.15. The lowest BCUT2D eigenvalue weighted by Gasteiger charge is -2.29. The molecule has 23 heavy (non-hydrogen) atoms. The molecule has 7 nitrogen and oxygen atoms in total. The van der Waals surface area contributed by atoms with E-state index in [4.69, 9.17) is 9.47 Å². The summed E-state index contributed by atoms with van der Waals surface area (Å²) in [6.45, 7) is 4.59. The van der Waals surface area contributed by atoms with Crippen molar-refractivity contribution in [2.45, 2.75) is 19.6 Å². The summed E-state index contributed by atoms with van der Waals surface area (Å²) in [5, 5.41) is 6.11. The molecule has 0 spiro atoms. The minimum atomic E-state index is -1.24. The number of rotatable bonds is 3. The Morgan fingerprint density at radius 3 is 2.65 bits per heavy atom. The number of nitrogens with zero attached hydrogens (tertiary/aromatic N) is 1. The maximum absolute atomic E-state index is 11.9. The minimum absolute atomic E-state index is 0.175. The van der Waals surface area contributed by atoms with Gasteiger partial charge >= 0.3 is 11.9 Å². The lowest BCUT2D eigenvalue weighted by Crippen LogP contribution is -2.42. The molecular formula is C16H17N3O4. The average Bonchev–Trinajstić information content (AvgIpc) is 2.99. The first-order valence-corrected chi connectivity index (χ1v) is 7.27. The molecule has 0 atom stereocenters. The number of nitrogens with one attached hydrogen (secondary N) is 2. The van der Waals surface area contributed by atoms with Crippen molar-refractivity contribution in [2.75, 3.05) is 18.4 Å². The van der Waals surface area contributed by atoms with Crippen LogP contribution in [0.4, 0.5) is 5.69 Å². The van der Waals surface area contributed by atoms with Gasteiger partial charge in [-0.3, -0.25) is 4.99 Å². The van der Waals surface area contributed by atoms with E-state index in [1.54, 1.807) is 0 Å². The predicted molar refractivity (Wildman–Crippen MR) is 83.8 cm³/mol. The molecule has 2 N–H and O–H groups in total. The molecule has 2 heterocycles. The van der Waals surface area contributed by atoms with Crippen molar-refractivity contribution in [3.8, 4) is 0 Å². The number of amidine groups is 1. The highest BCUT2D eigenvalue weighted by Crippen LogP contribution is 2.22. The Kier molecular flexibility index (Phi) is 3.77. The lowest BCUT2D eigenvalue weighted by atomic mass is 10.2. The van der Waals surface area contributed by atoms with Crippen LogP contribution in [-0.2, 0) is 19.1 Å². The van der Waals surface area contributed by atoms with Crippen LogP contribution in [0, 0.1) is 0 Å². The fourth-order valence-electron chi connectivity index (χ4n) is 2.28.